The molecule has 2 atom stereocenters. The fourth-order valence-corrected chi connectivity index (χ4v) is 2.79. The Bertz CT molecular complexity index is 305. The number of piperidine rings is 1. The van der Waals surface area contributed by atoms with Gasteiger partial charge in [0.25, 0.3) is 0 Å². The molecule has 0 bridgehead atoms. The summed E-state index contributed by atoms with van der Waals surface area (Å²) < 4.78 is 0. The molecule has 0 aromatic rings. The zero-order valence-electron chi connectivity index (χ0n) is 12.8. The Morgan fingerprint density at radius 1 is 1.32 bits per heavy atom. The molecular formula is C15H29N3O. The quantitative estimate of drug-likeness (QED) is 0.750. The molecule has 0 spiro atoms. The minimum absolute atomic E-state index is 0.00550. The van der Waals surface area contributed by atoms with Crippen LogP contribution in [0, 0.1) is 11.8 Å². The van der Waals surface area contributed by atoms with Crippen molar-refractivity contribution in [2.24, 2.45) is 11.8 Å². The van der Waals surface area contributed by atoms with E-state index in [0.29, 0.717) is 13.1 Å². The van der Waals surface area contributed by atoms with Crippen molar-refractivity contribution in [3.63, 3.8) is 0 Å². The van der Waals surface area contributed by atoms with Crippen molar-refractivity contribution in [2.45, 2.75) is 39.7 Å². The van der Waals surface area contributed by atoms with E-state index >= 15 is 0 Å². The van der Waals surface area contributed by atoms with Gasteiger partial charge in [-0.15, -0.1) is 6.58 Å². The molecule has 19 heavy (non-hydrogen) atoms. The summed E-state index contributed by atoms with van der Waals surface area (Å²) in [6, 6.07) is -0.119. The topological polar surface area (TPSA) is 44.4 Å². The lowest BCUT2D eigenvalue weighted by molar-refractivity contribution is 0.0473. The summed E-state index contributed by atoms with van der Waals surface area (Å²) in [5.74, 6) is 1.47. The first-order valence-corrected chi connectivity index (χ1v) is 7.23. The van der Waals surface area contributed by atoms with Crippen LogP contribution >= 0.6 is 0 Å². The van der Waals surface area contributed by atoms with Crippen molar-refractivity contribution in [1.29, 1.82) is 0 Å². The van der Waals surface area contributed by atoms with Gasteiger partial charge in [-0.2, -0.15) is 0 Å². The van der Waals surface area contributed by atoms with Crippen molar-refractivity contribution < 1.29 is 4.79 Å². The zero-order valence-corrected chi connectivity index (χ0v) is 12.8. The van der Waals surface area contributed by atoms with Gasteiger partial charge in [0.1, 0.15) is 0 Å². The maximum Gasteiger partial charge on any atom is 0.315 e. The van der Waals surface area contributed by atoms with Crippen LogP contribution in [0.1, 0.15) is 34.1 Å². The maximum atomic E-state index is 11.6. The van der Waals surface area contributed by atoms with Crippen LogP contribution < -0.4 is 10.6 Å². The van der Waals surface area contributed by atoms with Gasteiger partial charge in [-0.1, -0.05) is 19.9 Å². The fraction of sp³-hybridized carbons (Fsp3) is 0.800. The van der Waals surface area contributed by atoms with E-state index in [0.717, 1.165) is 24.9 Å². The van der Waals surface area contributed by atoms with E-state index in [-0.39, 0.29) is 11.6 Å². The van der Waals surface area contributed by atoms with E-state index in [4.69, 9.17) is 0 Å². The molecule has 0 aliphatic carbocycles. The van der Waals surface area contributed by atoms with Gasteiger partial charge in [0.15, 0.2) is 0 Å². The molecule has 1 aliphatic rings. The Morgan fingerprint density at radius 3 is 2.42 bits per heavy atom. The third-order valence-corrected chi connectivity index (χ3v) is 3.81. The third kappa shape index (κ3) is 5.23. The molecule has 2 amide bonds. The van der Waals surface area contributed by atoms with Crippen LogP contribution in [0.5, 0.6) is 0 Å². The molecule has 4 heteroatoms. The number of hydrogen-bond acceptors (Lipinski definition) is 2. The van der Waals surface area contributed by atoms with Crippen molar-refractivity contribution in [3.8, 4) is 0 Å². The van der Waals surface area contributed by atoms with Crippen LogP contribution in [0.25, 0.3) is 0 Å². The molecule has 1 aliphatic heterocycles. The minimum Gasteiger partial charge on any atom is -0.336 e. The fourth-order valence-electron chi connectivity index (χ4n) is 2.79. The van der Waals surface area contributed by atoms with E-state index < -0.39 is 0 Å². The Balaban J connectivity index is 2.45. The normalized spacial score (nSPS) is 24.8. The highest BCUT2D eigenvalue weighted by Gasteiger charge is 2.32. The highest BCUT2D eigenvalue weighted by atomic mass is 16.2. The zero-order chi connectivity index (χ0) is 14.5. The molecule has 2 N–H and O–H groups in total. The minimum atomic E-state index is -0.119. The number of carbonyl (C=O) groups is 1. The van der Waals surface area contributed by atoms with E-state index in [9.17, 15) is 4.79 Å². The van der Waals surface area contributed by atoms with Crippen LogP contribution in [0.3, 0.4) is 0 Å². The summed E-state index contributed by atoms with van der Waals surface area (Å²) in [7, 11) is 0. The summed E-state index contributed by atoms with van der Waals surface area (Å²) >= 11 is 0. The second-order valence-corrected chi connectivity index (χ2v) is 6.52. The molecular weight excluding hydrogens is 238 g/mol. The second-order valence-electron chi connectivity index (χ2n) is 6.52. The number of urea groups is 1. The summed E-state index contributed by atoms with van der Waals surface area (Å²) in [5.41, 5.74) is -0.00550. The standard InChI is InChI=1S/C15H29N3O/c1-6-7-16-14(19)17-11-15(4,5)18-9-12(2)8-13(3)10-18/h6,12-13H,1,7-11H2,2-5H3,(H2,16,17,19). The largest absolute Gasteiger partial charge is 0.336 e. The van der Waals surface area contributed by atoms with Crippen LogP contribution in [-0.2, 0) is 0 Å². The van der Waals surface area contributed by atoms with Gasteiger partial charge in [0, 0.05) is 31.7 Å². The highest BCUT2D eigenvalue weighted by molar-refractivity contribution is 5.74. The van der Waals surface area contributed by atoms with Crippen molar-refractivity contribution in [2.75, 3.05) is 26.2 Å². The van der Waals surface area contributed by atoms with Gasteiger partial charge < -0.3 is 10.6 Å². The maximum absolute atomic E-state index is 11.6. The van der Waals surface area contributed by atoms with Gasteiger partial charge in [-0.25, -0.2) is 4.79 Å². The van der Waals surface area contributed by atoms with Crippen molar-refractivity contribution >= 4 is 6.03 Å². The molecule has 1 heterocycles. The highest BCUT2D eigenvalue weighted by Crippen LogP contribution is 2.26. The smallest absolute Gasteiger partial charge is 0.315 e. The molecule has 1 saturated heterocycles. The predicted molar refractivity (Wildman–Crippen MR) is 80.2 cm³/mol. The first-order valence-electron chi connectivity index (χ1n) is 7.23. The van der Waals surface area contributed by atoms with Crippen LogP contribution in [0.2, 0.25) is 0 Å². The molecule has 110 valence electrons. The van der Waals surface area contributed by atoms with E-state index in [1.165, 1.54) is 6.42 Å². The molecule has 1 rings (SSSR count). The van der Waals surface area contributed by atoms with Crippen molar-refractivity contribution in [1.82, 2.24) is 15.5 Å². The molecule has 1 fully saturated rings. The Morgan fingerprint density at radius 2 is 1.89 bits per heavy atom. The van der Waals surface area contributed by atoms with Crippen LogP contribution in [0.4, 0.5) is 4.79 Å². The average Bonchev–Trinajstić information content (AvgIpc) is 2.32. The second kappa shape index (κ2) is 6.94. The number of nitrogens with one attached hydrogen (secondary N) is 2. The molecule has 0 aromatic carbocycles. The van der Waals surface area contributed by atoms with Gasteiger partial charge in [-0.05, 0) is 32.1 Å². The van der Waals surface area contributed by atoms with Gasteiger partial charge in [-0.3, -0.25) is 4.90 Å². The number of amides is 2. The predicted octanol–water partition coefficient (Wildman–Crippen LogP) is 2.23. The summed E-state index contributed by atoms with van der Waals surface area (Å²) in [5, 5.41) is 5.68. The lowest BCUT2D eigenvalue weighted by Crippen LogP contribution is -2.56. The van der Waals surface area contributed by atoms with Crippen molar-refractivity contribution in [3.05, 3.63) is 12.7 Å². The third-order valence-electron chi connectivity index (χ3n) is 3.81. The molecule has 0 radical (unpaired) electrons. The SMILES string of the molecule is C=CCNC(=O)NCC(C)(C)N1CC(C)CC(C)C1. The van der Waals surface area contributed by atoms with Gasteiger partial charge in [0.05, 0.1) is 0 Å². The molecule has 0 saturated carbocycles. The Hall–Kier alpha value is -1.03. The lowest BCUT2D eigenvalue weighted by atomic mass is 9.88. The number of likely N-dealkylation sites (tertiary alicyclic amines) is 1. The Labute approximate surface area is 117 Å². The lowest BCUT2D eigenvalue weighted by Gasteiger charge is -2.45. The Kier molecular flexibility index (Phi) is 5.85. The van der Waals surface area contributed by atoms with Crippen LogP contribution in [0.15, 0.2) is 12.7 Å². The molecule has 0 aromatic heterocycles. The first kappa shape index (κ1) is 16.0. The summed E-state index contributed by atoms with van der Waals surface area (Å²) in [6.07, 6.45) is 2.98. The number of hydrogen-bond donors (Lipinski definition) is 2. The summed E-state index contributed by atoms with van der Waals surface area (Å²) in [6.45, 7) is 16.0. The van der Waals surface area contributed by atoms with Crippen LogP contribution in [-0.4, -0.2) is 42.6 Å². The van der Waals surface area contributed by atoms with E-state index in [1.807, 2.05) is 0 Å². The number of carbonyl (C=O) groups excluding carboxylic acids is 1. The van der Waals surface area contributed by atoms with Gasteiger partial charge in [0.2, 0.25) is 0 Å². The van der Waals surface area contributed by atoms with E-state index in [2.05, 4.69) is 49.8 Å². The molecule has 2 unspecified atom stereocenters. The first-order chi connectivity index (χ1) is 8.85. The number of rotatable bonds is 5. The average molecular weight is 267 g/mol. The molecule has 4 nitrogen and oxygen atoms in total. The summed E-state index contributed by atoms with van der Waals surface area (Å²) in [4.78, 5) is 14.1. The van der Waals surface area contributed by atoms with E-state index in [1.54, 1.807) is 6.08 Å². The number of nitrogens with zero attached hydrogens (tertiary/aromatic N) is 1. The monoisotopic (exact) mass is 267 g/mol. The van der Waals surface area contributed by atoms with Gasteiger partial charge >= 0.3 is 6.03 Å².